The number of alkyl halides is 5. The summed E-state index contributed by atoms with van der Waals surface area (Å²) in [5.74, 6) is -4.77. The lowest BCUT2D eigenvalue weighted by atomic mass is 10.0. The van der Waals surface area contributed by atoms with Crippen LogP contribution in [-0.4, -0.2) is 19.2 Å². The molecule has 7 heteroatoms. The molecule has 18 heavy (non-hydrogen) atoms. The Morgan fingerprint density at radius 3 is 2.17 bits per heavy atom. The van der Waals surface area contributed by atoms with Crippen molar-refractivity contribution < 1.29 is 26.7 Å². The Morgan fingerprint density at radius 1 is 1.17 bits per heavy atom. The van der Waals surface area contributed by atoms with Crippen LogP contribution in [0.3, 0.4) is 0 Å². The normalized spacial score (nSPS) is 14.6. The molecular formula is C11H10F5IO. The van der Waals surface area contributed by atoms with Crippen molar-refractivity contribution in [2.75, 3.05) is 7.11 Å². The van der Waals surface area contributed by atoms with Gasteiger partial charge in [-0.15, -0.1) is 0 Å². The smallest absolute Gasteiger partial charge is 0.376 e. The van der Waals surface area contributed by atoms with Gasteiger partial charge < -0.3 is 4.74 Å². The van der Waals surface area contributed by atoms with Crippen molar-refractivity contribution in [3.8, 4) is 0 Å². The average molecular weight is 380 g/mol. The van der Waals surface area contributed by atoms with Gasteiger partial charge in [-0.3, -0.25) is 0 Å². The first-order valence-corrected chi connectivity index (χ1v) is 5.98. The first-order valence-electron chi connectivity index (χ1n) is 4.91. The highest BCUT2D eigenvalue weighted by atomic mass is 127. The molecule has 102 valence electrons. The minimum absolute atomic E-state index is 0.324. The van der Waals surface area contributed by atoms with Gasteiger partial charge in [0.25, 0.3) is 0 Å². The van der Waals surface area contributed by atoms with E-state index in [4.69, 9.17) is 4.74 Å². The first kappa shape index (κ1) is 15.6. The summed E-state index contributed by atoms with van der Waals surface area (Å²) in [7, 11) is 1.11. The molecule has 0 aliphatic carbocycles. The summed E-state index contributed by atoms with van der Waals surface area (Å²) in [5, 5.41) is 0. The molecule has 1 nitrogen and oxygen atoms in total. The van der Waals surface area contributed by atoms with E-state index in [0.717, 1.165) is 7.11 Å². The second-order valence-corrected chi connectivity index (χ2v) is 4.81. The highest BCUT2D eigenvalue weighted by Gasteiger charge is 2.58. The summed E-state index contributed by atoms with van der Waals surface area (Å²) >= 11 is 1.87. The van der Waals surface area contributed by atoms with Crippen LogP contribution in [0, 0.1) is 3.57 Å². The van der Waals surface area contributed by atoms with Crippen LogP contribution in [0.5, 0.6) is 0 Å². The van der Waals surface area contributed by atoms with Gasteiger partial charge in [0.2, 0.25) is 0 Å². The molecule has 0 spiro atoms. The predicted molar refractivity (Wildman–Crippen MR) is 64.5 cm³/mol. The molecule has 0 saturated carbocycles. The molecule has 1 rings (SSSR count). The van der Waals surface area contributed by atoms with Gasteiger partial charge in [-0.25, -0.2) is 0 Å². The van der Waals surface area contributed by atoms with Crippen LogP contribution < -0.4 is 0 Å². The Balaban J connectivity index is 2.97. The van der Waals surface area contributed by atoms with Gasteiger partial charge >= 0.3 is 12.1 Å². The van der Waals surface area contributed by atoms with Crippen molar-refractivity contribution in [1.82, 2.24) is 0 Å². The van der Waals surface area contributed by atoms with Gasteiger partial charge in [0.15, 0.2) is 0 Å². The van der Waals surface area contributed by atoms with Crippen molar-refractivity contribution in [2.24, 2.45) is 0 Å². The maximum Gasteiger partial charge on any atom is 0.453 e. The van der Waals surface area contributed by atoms with Crippen LogP contribution in [-0.2, 0) is 4.74 Å². The zero-order valence-electron chi connectivity index (χ0n) is 9.27. The zero-order valence-corrected chi connectivity index (χ0v) is 11.4. The van der Waals surface area contributed by atoms with Crippen LogP contribution >= 0.6 is 22.6 Å². The van der Waals surface area contributed by atoms with Gasteiger partial charge in [0.1, 0.15) is 0 Å². The van der Waals surface area contributed by atoms with Gasteiger partial charge in [-0.1, -0.05) is 18.2 Å². The van der Waals surface area contributed by atoms with Crippen LogP contribution in [0.2, 0.25) is 0 Å². The molecule has 1 unspecified atom stereocenters. The molecule has 0 aliphatic heterocycles. The summed E-state index contributed by atoms with van der Waals surface area (Å²) in [6, 6.07) is 6.32. The van der Waals surface area contributed by atoms with Gasteiger partial charge in [-0.2, -0.15) is 22.0 Å². The summed E-state index contributed by atoms with van der Waals surface area (Å²) < 4.78 is 67.7. The fourth-order valence-corrected chi connectivity index (χ4v) is 2.14. The molecule has 1 aromatic carbocycles. The van der Waals surface area contributed by atoms with Crippen molar-refractivity contribution in [2.45, 2.75) is 24.6 Å². The number of benzene rings is 1. The lowest BCUT2D eigenvalue weighted by molar-refractivity contribution is -0.291. The van der Waals surface area contributed by atoms with Gasteiger partial charge in [-0.05, 0) is 34.2 Å². The maximum atomic E-state index is 13.0. The minimum atomic E-state index is -5.57. The summed E-state index contributed by atoms with van der Waals surface area (Å²) in [6.07, 6.45) is -8.29. The van der Waals surface area contributed by atoms with E-state index in [0.29, 0.717) is 9.13 Å². The minimum Gasteiger partial charge on any atom is -0.376 e. The summed E-state index contributed by atoms with van der Waals surface area (Å²) in [4.78, 5) is 0. The fraction of sp³-hybridized carbons (Fsp3) is 0.455. The molecule has 1 aromatic rings. The lowest BCUT2D eigenvalue weighted by Gasteiger charge is -2.25. The van der Waals surface area contributed by atoms with Crippen LogP contribution in [0.4, 0.5) is 22.0 Å². The largest absolute Gasteiger partial charge is 0.453 e. The van der Waals surface area contributed by atoms with Crippen molar-refractivity contribution >= 4 is 22.6 Å². The molecule has 0 amide bonds. The Kier molecular flexibility index (Phi) is 4.93. The van der Waals surface area contributed by atoms with E-state index in [1.807, 2.05) is 22.6 Å². The van der Waals surface area contributed by atoms with E-state index in [1.165, 1.54) is 6.07 Å². The highest BCUT2D eigenvalue weighted by molar-refractivity contribution is 14.1. The second kappa shape index (κ2) is 5.68. The Labute approximate surface area is 114 Å². The molecule has 0 fully saturated rings. The zero-order chi connectivity index (χ0) is 14.0. The summed E-state index contributed by atoms with van der Waals surface area (Å²) in [6.45, 7) is 0. The molecule has 0 heterocycles. The molecule has 0 aliphatic rings. The number of halogens is 6. The van der Waals surface area contributed by atoms with E-state index < -0.39 is 24.6 Å². The van der Waals surface area contributed by atoms with E-state index in [-0.39, 0.29) is 0 Å². The van der Waals surface area contributed by atoms with Crippen molar-refractivity contribution in [1.29, 1.82) is 0 Å². The van der Waals surface area contributed by atoms with Crippen LogP contribution in [0.1, 0.15) is 18.1 Å². The van der Waals surface area contributed by atoms with Crippen LogP contribution in [0.25, 0.3) is 0 Å². The third kappa shape index (κ3) is 3.53. The Hall–Kier alpha value is -0.440. The predicted octanol–water partition coefficient (Wildman–Crippen LogP) is 4.57. The standard InChI is InChI=1S/C11H10F5IO/c1-18-9(6-10(12,13)11(14,15)16)7-4-2-3-5-8(7)17/h2-5,9H,6H2,1H3. The molecule has 0 bridgehead atoms. The van der Waals surface area contributed by atoms with Crippen molar-refractivity contribution in [3.63, 3.8) is 0 Å². The molecule has 0 N–H and O–H groups in total. The quantitative estimate of drug-likeness (QED) is 0.550. The molecule has 0 radical (unpaired) electrons. The second-order valence-electron chi connectivity index (χ2n) is 3.65. The maximum absolute atomic E-state index is 13.0. The van der Waals surface area contributed by atoms with Crippen molar-refractivity contribution in [3.05, 3.63) is 33.4 Å². The highest BCUT2D eigenvalue weighted by Crippen LogP contribution is 2.43. The monoisotopic (exact) mass is 380 g/mol. The number of hydrogen-bond donors (Lipinski definition) is 0. The molecule has 0 saturated heterocycles. The third-order valence-electron chi connectivity index (χ3n) is 2.39. The summed E-state index contributed by atoms with van der Waals surface area (Å²) in [5.41, 5.74) is 0.324. The van der Waals surface area contributed by atoms with Gasteiger partial charge in [0, 0.05) is 10.7 Å². The lowest BCUT2D eigenvalue weighted by Crippen LogP contribution is -2.38. The molecule has 1 atom stereocenters. The fourth-order valence-electron chi connectivity index (χ4n) is 1.41. The molecular weight excluding hydrogens is 370 g/mol. The Bertz CT molecular complexity index is 405. The van der Waals surface area contributed by atoms with Gasteiger partial charge in [0.05, 0.1) is 12.5 Å². The number of hydrogen-bond acceptors (Lipinski definition) is 1. The number of methoxy groups -OCH3 is 1. The number of ether oxygens (including phenoxy) is 1. The SMILES string of the molecule is COC(CC(F)(F)C(F)(F)F)c1ccccc1I. The van der Waals surface area contributed by atoms with E-state index in [9.17, 15) is 22.0 Å². The first-order chi connectivity index (χ1) is 8.19. The molecule has 0 aromatic heterocycles. The average Bonchev–Trinajstić information content (AvgIpc) is 2.25. The third-order valence-corrected chi connectivity index (χ3v) is 3.38. The topological polar surface area (TPSA) is 9.23 Å². The number of rotatable bonds is 4. The van der Waals surface area contributed by atoms with Crippen LogP contribution in [0.15, 0.2) is 24.3 Å². The van der Waals surface area contributed by atoms with E-state index >= 15 is 0 Å². The Morgan fingerprint density at radius 2 is 1.72 bits per heavy atom. The van der Waals surface area contributed by atoms with E-state index in [1.54, 1.807) is 18.2 Å². The van der Waals surface area contributed by atoms with E-state index in [2.05, 4.69) is 0 Å².